The van der Waals surface area contributed by atoms with Crippen molar-refractivity contribution < 1.29 is 29.0 Å². The summed E-state index contributed by atoms with van der Waals surface area (Å²) in [6, 6.07) is 3.66. The molecule has 1 aromatic rings. The Bertz CT molecular complexity index is 878. The zero-order chi connectivity index (χ0) is 25.0. The van der Waals surface area contributed by atoms with Crippen LogP contribution in [0.5, 0.6) is 5.75 Å². The van der Waals surface area contributed by atoms with Crippen LogP contribution in [0.25, 0.3) is 0 Å². The number of hydrogen-bond donors (Lipinski definition) is 2. The Morgan fingerprint density at radius 1 is 1.29 bits per heavy atom. The molecule has 1 aliphatic rings. The minimum absolute atomic E-state index is 0.0893. The second-order valence-corrected chi connectivity index (χ2v) is 8.84. The number of nitro groups is 1. The first-order valence-electron chi connectivity index (χ1n) is 11.8. The molecule has 0 radical (unpaired) electrons. The summed E-state index contributed by atoms with van der Waals surface area (Å²) in [6.45, 7) is 6.42. The van der Waals surface area contributed by atoms with Crippen molar-refractivity contribution in [3.05, 3.63) is 51.9 Å². The predicted molar refractivity (Wildman–Crippen MR) is 128 cm³/mol. The lowest BCUT2D eigenvalue weighted by molar-refractivity contribution is -0.385. The molecular formula is C25H36N2O7. The molecule has 0 saturated heterocycles. The average molecular weight is 477 g/mol. The fourth-order valence-electron chi connectivity index (χ4n) is 3.73. The van der Waals surface area contributed by atoms with Crippen LogP contribution in [0.4, 0.5) is 5.69 Å². The molecule has 1 heterocycles. The summed E-state index contributed by atoms with van der Waals surface area (Å²) in [7, 11) is 0. The Morgan fingerprint density at radius 3 is 2.74 bits per heavy atom. The molecule has 2 rings (SSSR count). The van der Waals surface area contributed by atoms with Gasteiger partial charge in [-0.2, -0.15) is 0 Å². The lowest BCUT2D eigenvalue weighted by Crippen LogP contribution is -2.51. The molecule has 0 spiro atoms. The Kier molecular flexibility index (Phi) is 11.1. The number of nitrogens with zero attached hydrogens (tertiary/aromatic N) is 1. The highest BCUT2D eigenvalue weighted by molar-refractivity contribution is 5.48. The van der Waals surface area contributed by atoms with Crippen LogP contribution in [0, 0.1) is 10.1 Å². The van der Waals surface area contributed by atoms with Crippen LogP contribution < -0.4 is 10.1 Å². The van der Waals surface area contributed by atoms with E-state index in [1.165, 1.54) is 37.5 Å². The molecule has 0 unspecified atom stereocenters. The molecule has 0 bridgehead atoms. The number of aliphatic hydroxyl groups is 1. The summed E-state index contributed by atoms with van der Waals surface area (Å²) in [6.07, 6.45) is 8.63. The van der Waals surface area contributed by atoms with E-state index < -0.39 is 22.7 Å². The first-order valence-corrected chi connectivity index (χ1v) is 11.8. The van der Waals surface area contributed by atoms with Crippen molar-refractivity contribution in [1.82, 2.24) is 5.32 Å². The Labute approximate surface area is 200 Å². The zero-order valence-corrected chi connectivity index (χ0v) is 20.2. The van der Waals surface area contributed by atoms with Crippen molar-refractivity contribution in [3.63, 3.8) is 0 Å². The van der Waals surface area contributed by atoms with Crippen molar-refractivity contribution >= 4 is 11.6 Å². The van der Waals surface area contributed by atoms with Crippen molar-refractivity contribution in [3.8, 4) is 5.75 Å². The predicted octanol–water partition coefficient (Wildman–Crippen LogP) is 4.38. The molecule has 34 heavy (non-hydrogen) atoms. The van der Waals surface area contributed by atoms with Crippen LogP contribution in [-0.4, -0.2) is 47.5 Å². The number of hydrogen-bond acceptors (Lipinski definition) is 8. The number of nitrogens with one attached hydrogen (secondary N) is 1. The third kappa shape index (κ3) is 8.17. The number of rotatable bonds is 15. The van der Waals surface area contributed by atoms with Gasteiger partial charge in [0.05, 0.1) is 24.2 Å². The fourth-order valence-corrected chi connectivity index (χ4v) is 3.73. The number of unbranched alkanes of at least 4 members (excludes halogenated alkanes) is 5. The van der Waals surface area contributed by atoms with E-state index in [2.05, 4.69) is 12.2 Å². The van der Waals surface area contributed by atoms with E-state index in [1.807, 2.05) is 0 Å². The number of carbonyl (C=O) groups excluding carboxylic acids is 1. The standard InChI is InChI=1S/C25H36N2O7/c1-4-5-6-7-8-9-15-33-20(18-32-14-10-13-28)17-26-23-21-16-19(27(30)31)11-12-22(21)34-25(2,3)24(23)29/h10-12,16-17,23-24,26,29H,4-9,14-15,18H2,1-3H3/t23-,24+/m1/s1. The highest BCUT2D eigenvalue weighted by atomic mass is 16.6. The van der Waals surface area contributed by atoms with Crippen LogP contribution in [-0.2, 0) is 14.3 Å². The second-order valence-electron chi connectivity index (χ2n) is 8.84. The molecule has 188 valence electrons. The lowest BCUT2D eigenvalue weighted by atomic mass is 9.86. The lowest BCUT2D eigenvalue weighted by Gasteiger charge is -2.42. The Hall–Kier alpha value is -2.87. The van der Waals surface area contributed by atoms with Gasteiger partial charge < -0.3 is 24.6 Å². The Morgan fingerprint density at radius 2 is 2.03 bits per heavy atom. The SMILES string of the molecule is CCCCCCCCOC(=CN[C@@H]1c2cc([N+](=O)[O-])ccc2OC(C)(C)[C@H]1O)COCC=C=O. The average Bonchev–Trinajstić information content (AvgIpc) is 2.80. The molecule has 0 aromatic heterocycles. The molecule has 2 N–H and O–H groups in total. The van der Waals surface area contributed by atoms with Gasteiger partial charge in [0.2, 0.25) is 0 Å². The maximum absolute atomic E-state index is 11.3. The number of nitro benzene ring substituents is 1. The highest BCUT2D eigenvalue weighted by Gasteiger charge is 2.43. The van der Waals surface area contributed by atoms with Gasteiger partial charge in [0.25, 0.3) is 5.69 Å². The van der Waals surface area contributed by atoms with Gasteiger partial charge >= 0.3 is 0 Å². The molecule has 1 aliphatic heterocycles. The van der Waals surface area contributed by atoms with E-state index in [9.17, 15) is 20.0 Å². The van der Waals surface area contributed by atoms with E-state index in [0.717, 1.165) is 19.3 Å². The van der Waals surface area contributed by atoms with Gasteiger partial charge in [-0.3, -0.25) is 10.1 Å². The maximum Gasteiger partial charge on any atom is 0.270 e. The van der Waals surface area contributed by atoms with Crippen LogP contribution in [0.2, 0.25) is 0 Å². The van der Waals surface area contributed by atoms with Crippen molar-refractivity contribution in [2.45, 2.75) is 77.0 Å². The topological polar surface area (TPSA) is 120 Å². The van der Waals surface area contributed by atoms with Crippen LogP contribution >= 0.6 is 0 Å². The molecule has 0 fully saturated rings. The zero-order valence-electron chi connectivity index (χ0n) is 20.2. The van der Waals surface area contributed by atoms with Gasteiger partial charge in [-0.05, 0) is 26.3 Å². The summed E-state index contributed by atoms with van der Waals surface area (Å²) in [5.74, 6) is 2.63. The van der Waals surface area contributed by atoms with Gasteiger partial charge in [-0.15, -0.1) is 0 Å². The number of ether oxygens (including phenoxy) is 3. The van der Waals surface area contributed by atoms with E-state index in [4.69, 9.17) is 14.2 Å². The number of non-ortho nitro benzene ring substituents is 1. The van der Waals surface area contributed by atoms with E-state index in [-0.39, 0.29) is 18.9 Å². The van der Waals surface area contributed by atoms with Gasteiger partial charge in [0.1, 0.15) is 35.8 Å². The molecule has 9 heteroatoms. The van der Waals surface area contributed by atoms with Crippen molar-refractivity contribution in [2.75, 3.05) is 19.8 Å². The van der Waals surface area contributed by atoms with Crippen LogP contribution in [0.1, 0.15) is 70.9 Å². The largest absolute Gasteiger partial charge is 0.494 e. The van der Waals surface area contributed by atoms with Crippen LogP contribution in [0.3, 0.4) is 0 Å². The molecule has 0 aliphatic carbocycles. The number of fused-ring (bicyclic) bond motifs is 1. The normalized spacial score (nSPS) is 18.9. The van der Waals surface area contributed by atoms with E-state index in [0.29, 0.717) is 23.7 Å². The molecule has 9 nitrogen and oxygen atoms in total. The summed E-state index contributed by atoms with van der Waals surface area (Å²) in [5.41, 5.74) is -0.523. The molecule has 2 atom stereocenters. The number of benzene rings is 1. The smallest absolute Gasteiger partial charge is 0.270 e. The third-order valence-electron chi connectivity index (χ3n) is 5.68. The van der Waals surface area contributed by atoms with Crippen molar-refractivity contribution in [2.24, 2.45) is 0 Å². The van der Waals surface area contributed by atoms with Crippen LogP contribution in [0.15, 0.2) is 36.2 Å². The van der Waals surface area contributed by atoms with Gasteiger partial charge in [-0.25, -0.2) is 4.79 Å². The minimum atomic E-state index is -0.989. The van der Waals surface area contributed by atoms with E-state index in [1.54, 1.807) is 32.1 Å². The molecular weight excluding hydrogens is 440 g/mol. The first kappa shape index (κ1) is 27.4. The van der Waals surface area contributed by atoms with E-state index >= 15 is 0 Å². The summed E-state index contributed by atoms with van der Waals surface area (Å²) in [4.78, 5) is 21.2. The van der Waals surface area contributed by atoms with Gasteiger partial charge in [-0.1, -0.05) is 39.0 Å². The number of aliphatic hydroxyl groups excluding tert-OH is 1. The minimum Gasteiger partial charge on any atom is -0.494 e. The maximum atomic E-state index is 11.3. The summed E-state index contributed by atoms with van der Waals surface area (Å²) < 4.78 is 17.2. The monoisotopic (exact) mass is 476 g/mol. The highest BCUT2D eigenvalue weighted by Crippen LogP contribution is 2.41. The quantitative estimate of drug-likeness (QED) is 0.126. The molecule has 0 saturated carbocycles. The summed E-state index contributed by atoms with van der Waals surface area (Å²) in [5, 5.41) is 25.4. The van der Waals surface area contributed by atoms with Gasteiger partial charge in [0, 0.05) is 30.0 Å². The third-order valence-corrected chi connectivity index (χ3v) is 5.68. The summed E-state index contributed by atoms with van der Waals surface area (Å²) >= 11 is 0. The second kappa shape index (κ2) is 13.7. The molecule has 1 aromatic carbocycles. The first-order chi connectivity index (χ1) is 16.3. The fraction of sp³-hybridized carbons (Fsp3) is 0.600. The van der Waals surface area contributed by atoms with Gasteiger partial charge in [0.15, 0.2) is 0 Å². The molecule has 0 amide bonds. The van der Waals surface area contributed by atoms with Crippen molar-refractivity contribution in [1.29, 1.82) is 0 Å². The Balaban J connectivity index is 2.14.